The summed E-state index contributed by atoms with van der Waals surface area (Å²) in [6.45, 7) is 0.665. The minimum absolute atomic E-state index is 0.134. The molecule has 18 heavy (non-hydrogen) atoms. The molecule has 1 aromatic rings. The lowest BCUT2D eigenvalue weighted by molar-refractivity contribution is -0.122. The van der Waals surface area contributed by atoms with E-state index in [1.165, 1.54) is 0 Å². The molecule has 0 bridgehead atoms. The fraction of sp³-hybridized carbons (Fsp3) is 0.462. The Morgan fingerprint density at radius 1 is 1.28 bits per heavy atom. The summed E-state index contributed by atoms with van der Waals surface area (Å²) in [6, 6.07) is 6.04. The molecule has 1 amide bonds. The first-order valence-corrected chi connectivity index (χ1v) is 6.05. The van der Waals surface area contributed by atoms with E-state index in [1.54, 1.807) is 24.3 Å². The van der Waals surface area contributed by atoms with Gasteiger partial charge in [-0.1, -0.05) is 12.1 Å². The molecule has 0 radical (unpaired) electrons. The number of carbonyl (C=O) groups is 1. The van der Waals surface area contributed by atoms with Crippen molar-refractivity contribution in [1.29, 1.82) is 0 Å². The van der Waals surface area contributed by atoms with Crippen molar-refractivity contribution in [2.75, 3.05) is 13.2 Å². The van der Waals surface area contributed by atoms with Gasteiger partial charge in [-0.2, -0.15) is 0 Å². The Morgan fingerprint density at radius 2 is 1.94 bits per heavy atom. The quantitative estimate of drug-likeness (QED) is 0.519. The number of aromatic hydroxyl groups is 1. The zero-order valence-corrected chi connectivity index (χ0v) is 10.3. The zero-order chi connectivity index (χ0) is 13.4. The first kappa shape index (κ1) is 14.5. The predicted molar refractivity (Wildman–Crippen MR) is 69.1 cm³/mol. The highest BCUT2D eigenvalue weighted by Gasteiger charge is 2.13. The number of benzene rings is 1. The molecule has 1 aromatic carbocycles. The molecule has 0 aliphatic heterocycles. The van der Waals surface area contributed by atoms with Gasteiger partial charge in [0.15, 0.2) is 0 Å². The molecule has 0 aromatic heterocycles. The van der Waals surface area contributed by atoms with Crippen molar-refractivity contribution in [2.24, 2.45) is 5.73 Å². The van der Waals surface area contributed by atoms with Gasteiger partial charge in [-0.05, 0) is 37.0 Å². The second-order valence-corrected chi connectivity index (χ2v) is 4.20. The van der Waals surface area contributed by atoms with E-state index in [2.05, 4.69) is 5.32 Å². The summed E-state index contributed by atoms with van der Waals surface area (Å²) in [4.78, 5) is 11.6. The maximum absolute atomic E-state index is 11.6. The van der Waals surface area contributed by atoms with Crippen LogP contribution >= 0.6 is 0 Å². The number of nitrogens with two attached hydrogens (primary N) is 1. The number of phenolic OH excluding ortho intramolecular Hbond substituents is 1. The second kappa shape index (κ2) is 7.68. The molecule has 0 aliphatic carbocycles. The Labute approximate surface area is 107 Å². The molecule has 1 atom stereocenters. The molecule has 0 heterocycles. The van der Waals surface area contributed by atoms with E-state index in [0.717, 1.165) is 12.0 Å². The first-order chi connectivity index (χ1) is 8.63. The van der Waals surface area contributed by atoms with Crippen LogP contribution in [0.15, 0.2) is 24.3 Å². The third-order valence-electron chi connectivity index (χ3n) is 2.61. The van der Waals surface area contributed by atoms with Crippen molar-refractivity contribution in [3.8, 4) is 5.75 Å². The fourth-order valence-corrected chi connectivity index (χ4v) is 1.56. The Balaban J connectivity index is 2.33. The molecule has 0 unspecified atom stereocenters. The summed E-state index contributed by atoms with van der Waals surface area (Å²) in [5.41, 5.74) is 6.69. The third kappa shape index (κ3) is 5.16. The van der Waals surface area contributed by atoms with Crippen LogP contribution < -0.4 is 11.1 Å². The van der Waals surface area contributed by atoms with Gasteiger partial charge in [0.1, 0.15) is 5.75 Å². The summed E-state index contributed by atoms with van der Waals surface area (Å²) in [6.07, 6.45) is 1.85. The average molecular weight is 252 g/mol. The molecule has 5 N–H and O–H groups in total. The lowest BCUT2D eigenvalue weighted by atomic mass is 10.1. The van der Waals surface area contributed by atoms with Gasteiger partial charge >= 0.3 is 0 Å². The van der Waals surface area contributed by atoms with Gasteiger partial charge in [0.2, 0.25) is 5.91 Å². The summed E-state index contributed by atoms with van der Waals surface area (Å²) >= 11 is 0. The molecule has 5 nitrogen and oxygen atoms in total. The molecule has 0 saturated heterocycles. The number of hydrogen-bond acceptors (Lipinski definition) is 4. The Kier molecular flexibility index (Phi) is 6.18. The topological polar surface area (TPSA) is 95.6 Å². The normalized spacial score (nSPS) is 12.1. The third-order valence-corrected chi connectivity index (χ3v) is 2.61. The molecule has 0 spiro atoms. The van der Waals surface area contributed by atoms with Crippen molar-refractivity contribution < 1.29 is 15.0 Å². The van der Waals surface area contributed by atoms with Gasteiger partial charge in [0, 0.05) is 13.2 Å². The highest BCUT2D eigenvalue weighted by atomic mass is 16.3. The largest absolute Gasteiger partial charge is 0.508 e. The van der Waals surface area contributed by atoms with E-state index >= 15 is 0 Å². The number of hydrogen-bond donors (Lipinski definition) is 4. The van der Waals surface area contributed by atoms with Crippen molar-refractivity contribution in [2.45, 2.75) is 25.3 Å². The van der Waals surface area contributed by atoms with Crippen LogP contribution in [0.3, 0.4) is 0 Å². The summed E-state index contributed by atoms with van der Waals surface area (Å²) in [5.74, 6) is 0.00166. The van der Waals surface area contributed by atoms with Crippen molar-refractivity contribution in [1.82, 2.24) is 5.32 Å². The Bertz CT molecular complexity index is 365. The van der Waals surface area contributed by atoms with Gasteiger partial charge in [0.05, 0.1) is 6.04 Å². The van der Waals surface area contributed by atoms with Crippen LogP contribution in [0.5, 0.6) is 5.75 Å². The number of aliphatic hydroxyl groups is 1. The van der Waals surface area contributed by atoms with E-state index in [4.69, 9.17) is 15.9 Å². The van der Waals surface area contributed by atoms with Gasteiger partial charge in [0.25, 0.3) is 0 Å². The summed E-state index contributed by atoms with van der Waals surface area (Å²) in [7, 11) is 0. The number of unbranched alkanes of at least 4 members (excludes halogenated alkanes) is 1. The van der Waals surface area contributed by atoms with Gasteiger partial charge < -0.3 is 21.3 Å². The van der Waals surface area contributed by atoms with Gasteiger partial charge in [-0.25, -0.2) is 0 Å². The van der Waals surface area contributed by atoms with E-state index < -0.39 is 6.04 Å². The minimum atomic E-state index is -0.594. The van der Waals surface area contributed by atoms with Crippen molar-refractivity contribution >= 4 is 5.91 Å². The van der Waals surface area contributed by atoms with Crippen LogP contribution in [-0.2, 0) is 11.2 Å². The molecule has 5 heteroatoms. The van der Waals surface area contributed by atoms with E-state index in [1.807, 2.05) is 0 Å². The molecular weight excluding hydrogens is 232 g/mol. The number of amides is 1. The average Bonchev–Trinajstić information content (AvgIpc) is 2.37. The van der Waals surface area contributed by atoms with Crippen LogP contribution in [0.4, 0.5) is 0 Å². The number of carbonyl (C=O) groups excluding carboxylic acids is 1. The number of rotatable bonds is 7. The Hall–Kier alpha value is -1.59. The molecular formula is C13H20N2O3. The van der Waals surface area contributed by atoms with Gasteiger partial charge in [-0.3, -0.25) is 4.79 Å². The molecule has 100 valence electrons. The van der Waals surface area contributed by atoms with Crippen LogP contribution in [0.1, 0.15) is 18.4 Å². The monoisotopic (exact) mass is 252 g/mol. The predicted octanol–water partition coefficient (Wildman–Crippen LogP) is 0.151. The van der Waals surface area contributed by atoms with Crippen LogP contribution in [0.25, 0.3) is 0 Å². The Morgan fingerprint density at radius 3 is 2.56 bits per heavy atom. The maximum Gasteiger partial charge on any atom is 0.237 e. The zero-order valence-electron chi connectivity index (χ0n) is 10.3. The second-order valence-electron chi connectivity index (χ2n) is 4.20. The van der Waals surface area contributed by atoms with Gasteiger partial charge in [-0.15, -0.1) is 0 Å². The standard InChI is InChI=1S/C13H20N2O3/c14-12(13(18)15-7-1-2-8-16)9-10-3-5-11(17)6-4-10/h3-6,12,16-17H,1-2,7-9,14H2,(H,15,18)/t12-/m0/s1. The number of nitrogens with one attached hydrogen (secondary N) is 1. The summed E-state index contributed by atoms with van der Waals surface area (Å²) in [5, 5.41) is 20.5. The van der Waals surface area contributed by atoms with E-state index in [9.17, 15) is 4.79 Å². The molecule has 1 rings (SSSR count). The van der Waals surface area contributed by atoms with E-state index in [-0.39, 0.29) is 18.3 Å². The van der Waals surface area contributed by atoms with Crippen LogP contribution in [-0.4, -0.2) is 35.3 Å². The first-order valence-electron chi connectivity index (χ1n) is 6.05. The maximum atomic E-state index is 11.6. The number of aliphatic hydroxyl groups excluding tert-OH is 1. The molecule has 0 fully saturated rings. The van der Waals surface area contributed by atoms with Crippen LogP contribution in [0, 0.1) is 0 Å². The molecule has 0 saturated carbocycles. The SMILES string of the molecule is N[C@@H](Cc1ccc(O)cc1)C(=O)NCCCCO. The highest BCUT2D eigenvalue weighted by molar-refractivity contribution is 5.81. The highest BCUT2D eigenvalue weighted by Crippen LogP contribution is 2.10. The van der Waals surface area contributed by atoms with Crippen LogP contribution in [0.2, 0.25) is 0 Å². The number of phenols is 1. The lowest BCUT2D eigenvalue weighted by Crippen LogP contribution is -2.42. The lowest BCUT2D eigenvalue weighted by Gasteiger charge is -2.12. The van der Waals surface area contributed by atoms with Crippen molar-refractivity contribution in [3.05, 3.63) is 29.8 Å². The molecule has 0 aliphatic rings. The minimum Gasteiger partial charge on any atom is -0.508 e. The van der Waals surface area contributed by atoms with Crippen molar-refractivity contribution in [3.63, 3.8) is 0 Å². The smallest absolute Gasteiger partial charge is 0.237 e. The summed E-state index contributed by atoms with van der Waals surface area (Å²) < 4.78 is 0. The fourth-order valence-electron chi connectivity index (χ4n) is 1.56. The van der Waals surface area contributed by atoms with E-state index in [0.29, 0.717) is 19.4 Å².